The molecule has 8 nitrogen and oxygen atoms in total. The van der Waals surface area contributed by atoms with Crippen molar-refractivity contribution in [3.63, 3.8) is 0 Å². The Morgan fingerprint density at radius 1 is 1.30 bits per heavy atom. The number of aromatic nitrogens is 5. The lowest BCUT2D eigenvalue weighted by atomic mass is 10.3. The topological polar surface area (TPSA) is 115 Å². The van der Waals surface area contributed by atoms with E-state index in [0.717, 1.165) is 25.2 Å². The predicted molar refractivity (Wildman–Crippen MR) is 75.4 cm³/mol. The maximum Gasteiger partial charge on any atom is 0.242 e. The van der Waals surface area contributed by atoms with Gasteiger partial charge in [-0.3, -0.25) is 5.10 Å². The fourth-order valence-electron chi connectivity index (χ4n) is 1.65. The van der Waals surface area contributed by atoms with Crippen LogP contribution in [-0.4, -0.2) is 37.8 Å². The Morgan fingerprint density at radius 2 is 2.15 bits per heavy atom. The van der Waals surface area contributed by atoms with Gasteiger partial charge in [-0.05, 0) is 20.3 Å². The van der Waals surface area contributed by atoms with Gasteiger partial charge < -0.3 is 15.8 Å². The molecule has 0 saturated carbocycles. The van der Waals surface area contributed by atoms with E-state index in [4.69, 9.17) is 10.5 Å². The van der Waals surface area contributed by atoms with Crippen LogP contribution in [-0.2, 0) is 6.42 Å². The number of hydrogen-bond acceptors (Lipinski definition) is 7. The zero-order chi connectivity index (χ0) is 14.4. The zero-order valence-corrected chi connectivity index (χ0v) is 11.6. The Kier molecular flexibility index (Phi) is 4.70. The number of nitrogens with zero attached hydrogens (tertiary/aromatic N) is 4. The van der Waals surface area contributed by atoms with Crippen molar-refractivity contribution in [2.24, 2.45) is 0 Å². The van der Waals surface area contributed by atoms with Crippen LogP contribution in [0.15, 0.2) is 12.7 Å². The minimum atomic E-state index is 0.0199. The van der Waals surface area contributed by atoms with Crippen LogP contribution >= 0.6 is 0 Å². The molecule has 4 N–H and O–H groups in total. The fourth-order valence-corrected chi connectivity index (χ4v) is 1.65. The van der Waals surface area contributed by atoms with Gasteiger partial charge in [0.15, 0.2) is 5.82 Å². The number of rotatable bonds is 7. The van der Waals surface area contributed by atoms with Gasteiger partial charge in [0.25, 0.3) is 0 Å². The van der Waals surface area contributed by atoms with Gasteiger partial charge in [-0.25, -0.2) is 9.97 Å². The Balaban J connectivity index is 1.86. The third kappa shape index (κ3) is 3.81. The lowest BCUT2D eigenvalue weighted by Gasteiger charge is -2.13. The Hall–Kier alpha value is -2.38. The molecule has 0 aliphatic carbocycles. The van der Waals surface area contributed by atoms with Crippen molar-refractivity contribution in [3.8, 4) is 5.88 Å². The van der Waals surface area contributed by atoms with Crippen LogP contribution in [0.4, 0.5) is 11.5 Å². The van der Waals surface area contributed by atoms with Gasteiger partial charge in [0, 0.05) is 13.0 Å². The molecular formula is C12H19N7O. The second-order valence-corrected chi connectivity index (χ2v) is 4.57. The number of H-pyrrole nitrogens is 1. The summed E-state index contributed by atoms with van der Waals surface area (Å²) < 4.78 is 5.51. The summed E-state index contributed by atoms with van der Waals surface area (Å²) in [5.74, 6) is 1.87. The zero-order valence-electron chi connectivity index (χ0n) is 11.6. The van der Waals surface area contributed by atoms with Crippen molar-refractivity contribution in [1.29, 1.82) is 0 Å². The molecule has 2 aromatic heterocycles. The number of nitrogen functional groups attached to an aromatic ring is 1. The molecule has 108 valence electrons. The van der Waals surface area contributed by atoms with Crippen LogP contribution < -0.4 is 15.8 Å². The average Bonchev–Trinajstić information content (AvgIpc) is 2.91. The van der Waals surface area contributed by atoms with Crippen molar-refractivity contribution < 1.29 is 4.74 Å². The molecule has 2 rings (SSSR count). The summed E-state index contributed by atoms with van der Waals surface area (Å²) in [6.07, 6.45) is 4.66. The summed E-state index contributed by atoms with van der Waals surface area (Å²) in [4.78, 5) is 12.2. The Morgan fingerprint density at radius 3 is 2.85 bits per heavy atom. The first-order valence-electron chi connectivity index (χ1n) is 6.52. The van der Waals surface area contributed by atoms with E-state index in [1.54, 1.807) is 0 Å². The van der Waals surface area contributed by atoms with E-state index in [9.17, 15) is 0 Å². The number of anilines is 2. The number of nitrogens with two attached hydrogens (primary N) is 1. The molecule has 0 fully saturated rings. The summed E-state index contributed by atoms with van der Waals surface area (Å²) in [6.45, 7) is 4.57. The largest absolute Gasteiger partial charge is 0.473 e. The summed E-state index contributed by atoms with van der Waals surface area (Å²) in [5, 5.41) is 9.79. The monoisotopic (exact) mass is 277 g/mol. The third-order valence-corrected chi connectivity index (χ3v) is 2.54. The maximum absolute atomic E-state index is 5.97. The van der Waals surface area contributed by atoms with Gasteiger partial charge in [0.2, 0.25) is 5.88 Å². The van der Waals surface area contributed by atoms with Gasteiger partial charge in [-0.2, -0.15) is 10.1 Å². The molecule has 0 aliphatic heterocycles. The molecule has 0 spiro atoms. The van der Waals surface area contributed by atoms with Crippen molar-refractivity contribution in [2.75, 3.05) is 17.6 Å². The normalized spacial score (nSPS) is 10.8. The molecule has 2 aromatic rings. The number of ether oxygens (including phenoxy) is 1. The number of nitrogens with one attached hydrogen (secondary N) is 2. The number of aromatic amines is 1. The van der Waals surface area contributed by atoms with Crippen LogP contribution in [0.3, 0.4) is 0 Å². The molecule has 0 unspecified atom stereocenters. The third-order valence-electron chi connectivity index (χ3n) is 2.54. The van der Waals surface area contributed by atoms with Crippen molar-refractivity contribution >= 4 is 11.5 Å². The highest BCUT2D eigenvalue weighted by Gasteiger charge is 2.10. The highest BCUT2D eigenvalue weighted by atomic mass is 16.5. The standard InChI is InChI=1S/C12H19N7O/c1-8(2)20-12-10(13)11(16-6-17-12)14-5-3-4-9-15-7-18-19-9/h6-8H,3-5,13H2,1-2H3,(H,14,16,17)(H,15,18,19). The SMILES string of the molecule is CC(C)Oc1ncnc(NCCCc2ncn[nH]2)c1N. The lowest BCUT2D eigenvalue weighted by Crippen LogP contribution is -2.12. The molecule has 2 heterocycles. The van der Waals surface area contributed by atoms with Gasteiger partial charge >= 0.3 is 0 Å². The maximum atomic E-state index is 5.97. The molecule has 0 aromatic carbocycles. The molecule has 8 heteroatoms. The molecular weight excluding hydrogens is 258 g/mol. The first-order valence-corrected chi connectivity index (χ1v) is 6.52. The van der Waals surface area contributed by atoms with E-state index in [1.165, 1.54) is 12.7 Å². The summed E-state index contributed by atoms with van der Waals surface area (Å²) in [7, 11) is 0. The highest BCUT2D eigenvalue weighted by molar-refractivity contribution is 5.66. The van der Waals surface area contributed by atoms with E-state index < -0.39 is 0 Å². The summed E-state index contributed by atoms with van der Waals surface area (Å²) >= 11 is 0. The minimum Gasteiger partial charge on any atom is -0.473 e. The van der Waals surface area contributed by atoms with Crippen LogP contribution in [0, 0.1) is 0 Å². The van der Waals surface area contributed by atoms with Crippen LogP contribution in [0.25, 0.3) is 0 Å². The van der Waals surface area contributed by atoms with Crippen LogP contribution in [0.2, 0.25) is 0 Å². The minimum absolute atomic E-state index is 0.0199. The average molecular weight is 277 g/mol. The van der Waals surface area contributed by atoms with Gasteiger partial charge in [0.05, 0.1) is 6.10 Å². The summed E-state index contributed by atoms with van der Waals surface area (Å²) in [5.41, 5.74) is 6.40. The molecule has 0 radical (unpaired) electrons. The van der Waals surface area contributed by atoms with E-state index in [0.29, 0.717) is 17.4 Å². The molecule has 0 atom stereocenters. The predicted octanol–water partition coefficient (Wildman–Crippen LogP) is 1.01. The molecule has 0 bridgehead atoms. The fraction of sp³-hybridized carbons (Fsp3) is 0.500. The quantitative estimate of drug-likeness (QED) is 0.647. The second kappa shape index (κ2) is 6.69. The number of hydrogen-bond donors (Lipinski definition) is 3. The van der Waals surface area contributed by atoms with E-state index in [-0.39, 0.29) is 6.10 Å². The number of aryl methyl sites for hydroxylation is 1. The van der Waals surface area contributed by atoms with Crippen molar-refractivity contribution in [1.82, 2.24) is 25.1 Å². The van der Waals surface area contributed by atoms with E-state index >= 15 is 0 Å². The Labute approximate surface area is 117 Å². The molecule has 20 heavy (non-hydrogen) atoms. The molecule has 0 saturated heterocycles. The van der Waals surface area contributed by atoms with Gasteiger partial charge in [0.1, 0.15) is 24.2 Å². The Bertz CT molecular complexity index is 527. The van der Waals surface area contributed by atoms with Crippen LogP contribution in [0.1, 0.15) is 26.1 Å². The lowest BCUT2D eigenvalue weighted by molar-refractivity contribution is 0.234. The highest BCUT2D eigenvalue weighted by Crippen LogP contribution is 2.25. The first-order chi connectivity index (χ1) is 9.66. The molecule has 0 amide bonds. The summed E-state index contributed by atoms with van der Waals surface area (Å²) in [6, 6.07) is 0. The smallest absolute Gasteiger partial charge is 0.242 e. The van der Waals surface area contributed by atoms with E-state index in [2.05, 4.69) is 30.5 Å². The van der Waals surface area contributed by atoms with E-state index in [1.807, 2.05) is 13.8 Å². The van der Waals surface area contributed by atoms with Crippen molar-refractivity contribution in [3.05, 3.63) is 18.5 Å². The van der Waals surface area contributed by atoms with Crippen LogP contribution in [0.5, 0.6) is 5.88 Å². The van der Waals surface area contributed by atoms with Gasteiger partial charge in [-0.15, -0.1) is 0 Å². The van der Waals surface area contributed by atoms with Crippen molar-refractivity contribution in [2.45, 2.75) is 32.8 Å². The first kappa shape index (κ1) is 14.0. The molecule has 0 aliphatic rings. The van der Waals surface area contributed by atoms with Gasteiger partial charge in [-0.1, -0.05) is 0 Å². The second-order valence-electron chi connectivity index (χ2n) is 4.57.